The highest BCUT2D eigenvalue weighted by atomic mass is 32.2. The number of fused-ring (bicyclic) bond motifs is 7. The lowest BCUT2D eigenvalue weighted by Gasteiger charge is -2.29. The molecule has 2 aromatic carbocycles. The van der Waals surface area contributed by atoms with Crippen molar-refractivity contribution in [3.63, 3.8) is 0 Å². The van der Waals surface area contributed by atoms with Gasteiger partial charge in [-0.25, -0.2) is 4.57 Å². The Bertz CT molecular complexity index is 1510. The zero-order valence-electron chi connectivity index (χ0n) is 19.4. The van der Waals surface area contributed by atoms with Gasteiger partial charge >= 0.3 is 0 Å². The van der Waals surface area contributed by atoms with Crippen LogP contribution in [0.25, 0.3) is 32.8 Å². The Morgan fingerprint density at radius 1 is 0.939 bits per heavy atom. The molecule has 0 radical (unpaired) electrons. The molecule has 0 atom stereocenters. The van der Waals surface area contributed by atoms with Crippen molar-refractivity contribution in [3.05, 3.63) is 72.2 Å². The van der Waals surface area contributed by atoms with Crippen LogP contribution in [0, 0.1) is 0 Å². The van der Waals surface area contributed by atoms with Crippen LogP contribution >= 0.6 is 0 Å². The maximum absolute atomic E-state index is 11.2. The van der Waals surface area contributed by atoms with Gasteiger partial charge in [0.15, 0.2) is 25.1 Å². The van der Waals surface area contributed by atoms with Gasteiger partial charge in [0.05, 0.1) is 5.39 Å². The normalized spacial score (nSPS) is 14.5. The van der Waals surface area contributed by atoms with Crippen molar-refractivity contribution in [2.75, 3.05) is 5.75 Å². The SMILES string of the molecule is CC[n+]1cc2c(c3ccccc31)-c1ccc3c[n+](CCS(=O)(=O)O)ccc3c1C2(CC)CC. The summed E-state index contributed by atoms with van der Waals surface area (Å²) in [5.41, 5.74) is 6.60. The van der Waals surface area contributed by atoms with Gasteiger partial charge in [-0.15, -0.1) is 0 Å². The first-order valence-electron chi connectivity index (χ1n) is 11.7. The molecule has 5 rings (SSSR count). The molecule has 0 saturated heterocycles. The minimum absolute atomic E-state index is 0.0776. The number of nitrogens with zero attached hydrogens (tertiary/aromatic N) is 2. The van der Waals surface area contributed by atoms with Crippen LogP contribution in [0.2, 0.25) is 0 Å². The molecular formula is C27H30N2O3S+2. The summed E-state index contributed by atoms with van der Waals surface area (Å²) >= 11 is 0. The standard InChI is InChI=1S/C27H29N2O3S/c1-4-27(5-2)23-18-29(6-3)24-10-8-7-9-21(24)25(23)22-12-11-19-17-28(15-16-33(30,31)32)14-13-20(19)26(22)27/h7-14,17-18H,4-6,15-16H2,1-3H3/q+1/p+1. The van der Waals surface area contributed by atoms with Crippen LogP contribution in [0.15, 0.2) is 61.1 Å². The number of para-hydroxylation sites is 1. The maximum Gasteiger partial charge on any atom is 0.271 e. The Hall–Kier alpha value is -2.83. The van der Waals surface area contributed by atoms with Crippen LogP contribution < -0.4 is 9.13 Å². The van der Waals surface area contributed by atoms with E-state index in [1.165, 1.54) is 38.5 Å². The molecule has 1 N–H and O–H groups in total. The zero-order chi connectivity index (χ0) is 23.4. The van der Waals surface area contributed by atoms with E-state index in [0.29, 0.717) is 0 Å². The number of aromatic nitrogens is 2. The number of hydrogen-bond donors (Lipinski definition) is 1. The predicted molar refractivity (Wildman–Crippen MR) is 131 cm³/mol. The van der Waals surface area contributed by atoms with Crippen molar-refractivity contribution in [1.82, 2.24) is 0 Å². The van der Waals surface area contributed by atoms with Crippen molar-refractivity contribution in [2.24, 2.45) is 0 Å². The summed E-state index contributed by atoms with van der Waals surface area (Å²) in [5.74, 6) is -0.295. The minimum atomic E-state index is -4.00. The molecule has 0 bridgehead atoms. The van der Waals surface area contributed by atoms with E-state index in [2.05, 4.69) is 74.0 Å². The van der Waals surface area contributed by atoms with Gasteiger partial charge in [-0.3, -0.25) is 4.55 Å². The molecule has 4 aromatic rings. The lowest BCUT2D eigenvalue weighted by Crippen LogP contribution is -2.37. The molecule has 0 aliphatic heterocycles. The third-order valence-corrected chi connectivity index (χ3v) is 8.17. The number of hydrogen-bond acceptors (Lipinski definition) is 2. The fourth-order valence-corrected chi connectivity index (χ4v) is 6.25. The first-order chi connectivity index (χ1) is 15.8. The molecule has 1 aliphatic rings. The van der Waals surface area contributed by atoms with E-state index in [-0.39, 0.29) is 17.7 Å². The van der Waals surface area contributed by atoms with Crippen LogP contribution in [0.5, 0.6) is 0 Å². The number of rotatable bonds is 6. The highest BCUT2D eigenvalue weighted by Crippen LogP contribution is 2.56. The van der Waals surface area contributed by atoms with Crippen LogP contribution in [0.4, 0.5) is 0 Å². The summed E-state index contributed by atoms with van der Waals surface area (Å²) in [6, 6.07) is 15.2. The van der Waals surface area contributed by atoms with E-state index in [1.807, 2.05) is 17.0 Å². The molecule has 2 aromatic heterocycles. The Kier molecular flexibility index (Phi) is 5.26. The third-order valence-electron chi connectivity index (χ3n) is 7.47. The Labute approximate surface area is 195 Å². The molecule has 6 heteroatoms. The van der Waals surface area contributed by atoms with E-state index in [0.717, 1.165) is 24.8 Å². The molecule has 2 heterocycles. The number of benzene rings is 2. The molecule has 0 unspecified atom stereocenters. The fraction of sp³-hybridized carbons (Fsp3) is 0.333. The fourth-order valence-electron chi connectivity index (χ4n) is 5.81. The quantitative estimate of drug-likeness (QED) is 0.337. The molecule has 33 heavy (non-hydrogen) atoms. The molecule has 5 nitrogen and oxygen atoms in total. The lowest BCUT2D eigenvalue weighted by molar-refractivity contribution is -0.691. The second-order valence-electron chi connectivity index (χ2n) is 8.97. The molecule has 170 valence electrons. The zero-order valence-corrected chi connectivity index (χ0v) is 20.2. The summed E-state index contributed by atoms with van der Waals surface area (Å²) < 4.78 is 35.8. The minimum Gasteiger partial charge on any atom is -0.285 e. The Morgan fingerprint density at radius 2 is 1.70 bits per heavy atom. The summed E-state index contributed by atoms with van der Waals surface area (Å²) in [6.45, 7) is 7.90. The Morgan fingerprint density at radius 3 is 2.39 bits per heavy atom. The number of pyridine rings is 2. The van der Waals surface area contributed by atoms with Crippen molar-refractivity contribution >= 4 is 31.8 Å². The van der Waals surface area contributed by atoms with Gasteiger partial charge in [0, 0.05) is 34.1 Å². The molecule has 0 saturated carbocycles. The first-order valence-corrected chi connectivity index (χ1v) is 13.3. The largest absolute Gasteiger partial charge is 0.285 e. The van der Waals surface area contributed by atoms with Gasteiger partial charge in [-0.2, -0.15) is 13.0 Å². The highest BCUT2D eigenvalue weighted by Gasteiger charge is 2.45. The average Bonchev–Trinajstić information content (AvgIpc) is 3.11. The van der Waals surface area contributed by atoms with Gasteiger partial charge in [-0.05, 0) is 48.4 Å². The van der Waals surface area contributed by atoms with Crippen molar-refractivity contribution in [2.45, 2.75) is 52.1 Å². The van der Waals surface area contributed by atoms with Gasteiger partial charge in [0.25, 0.3) is 10.1 Å². The van der Waals surface area contributed by atoms with Gasteiger partial charge in [-0.1, -0.05) is 32.0 Å². The van der Waals surface area contributed by atoms with Crippen molar-refractivity contribution in [3.8, 4) is 11.1 Å². The van der Waals surface area contributed by atoms with E-state index in [9.17, 15) is 8.42 Å². The van der Waals surface area contributed by atoms with E-state index < -0.39 is 10.1 Å². The monoisotopic (exact) mass is 462 g/mol. The van der Waals surface area contributed by atoms with Crippen molar-refractivity contribution in [1.29, 1.82) is 0 Å². The molecule has 0 fully saturated rings. The van der Waals surface area contributed by atoms with Crippen LogP contribution in [-0.4, -0.2) is 18.7 Å². The van der Waals surface area contributed by atoms with E-state index >= 15 is 0 Å². The lowest BCUT2D eigenvalue weighted by atomic mass is 9.73. The van der Waals surface area contributed by atoms with Gasteiger partial charge < -0.3 is 0 Å². The second-order valence-corrected chi connectivity index (χ2v) is 10.5. The van der Waals surface area contributed by atoms with Crippen molar-refractivity contribution < 1.29 is 22.1 Å². The van der Waals surface area contributed by atoms with Crippen LogP contribution in [0.3, 0.4) is 0 Å². The number of aryl methyl sites for hydroxylation is 2. The first kappa shape index (κ1) is 22.0. The van der Waals surface area contributed by atoms with E-state index in [4.69, 9.17) is 4.55 Å². The molecular weight excluding hydrogens is 432 g/mol. The summed E-state index contributed by atoms with van der Waals surface area (Å²) in [4.78, 5) is 0. The molecule has 0 spiro atoms. The smallest absolute Gasteiger partial charge is 0.271 e. The van der Waals surface area contributed by atoms with Crippen LogP contribution in [-0.2, 0) is 28.6 Å². The maximum atomic E-state index is 11.2. The van der Waals surface area contributed by atoms with Gasteiger partial charge in [0.2, 0.25) is 5.52 Å². The predicted octanol–water partition coefficient (Wildman–Crippen LogP) is 4.56. The molecule has 1 aliphatic carbocycles. The third kappa shape index (κ3) is 3.35. The topological polar surface area (TPSA) is 62.1 Å². The summed E-state index contributed by atoms with van der Waals surface area (Å²) in [7, 11) is -4.00. The van der Waals surface area contributed by atoms with Gasteiger partial charge in [0.1, 0.15) is 12.3 Å². The Balaban J connectivity index is 1.80. The highest BCUT2D eigenvalue weighted by molar-refractivity contribution is 7.85. The summed E-state index contributed by atoms with van der Waals surface area (Å²) in [5, 5.41) is 3.58. The average molecular weight is 463 g/mol. The van der Waals surface area contributed by atoms with E-state index in [1.54, 1.807) is 0 Å². The molecule has 0 amide bonds. The van der Waals surface area contributed by atoms with Crippen LogP contribution in [0.1, 0.15) is 44.7 Å². The second kappa shape index (κ2) is 7.89. The summed E-state index contributed by atoms with van der Waals surface area (Å²) in [6.07, 6.45) is 8.29.